The van der Waals surface area contributed by atoms with Crippen LogP contribution in [-0.4, -0.2) is 50.5 Å². The van der Waals surface area contributed by atoms with E-state index in [1.165, 1.54) is 4.31 Å². The van der Waals surface area contributed by atoms with Crippen molar-refractivity contribution in [2.45, 2.75) is 52.6 Å². The monoisotopic (exact) mass is 507 g/mol. The fourth-order valence-corrected chi connectivity index (χ4v) is 4.96. The van der Waals surface area contributed by atoms with Gasteiger partial charge in [-0.25, -0.2) is 8.42 Å². The zero-order valence-electron chi connectivity index (χ0n) is 20.3. The lowest BCUT2D eigenvalue weighted by molar-refractivity contribution is -0.141. The number of rotatable bonds is 12. The first-order valence-corrected chi connectivity index (χ1v) is 13.7. The third kappa shape index (κ3) is 7.74. The summed E-state index contributed by atoms with van der Waals surface area (Å²) >= 11 is 6.04. The average Bonchev–Trinajstić information content (AvgIpc) is 2.77. The van der Waals surface area contributed by atoms with Crippen LogP contribution in [0.25, 0.3) is 0 Å². The number of hydrogen-bond acceptors (Lipinski definition) is 4. The molecule has 2 rings (SSSR count). The Morgan fingerprint density at radius 2 is 1.79 bits per heavy atom. The van der Waals surface area contributed by atoms with Crippen molar-refractivity contribution in [1.82, 2.24) is 10.2 Å². The molecule has 0 aliphatic carbocycles. The number of hydrogen-bond donors (Lipinski definition) is 1. The van der Waals surface area contributed by atoms with E-state index in [0.717, 1.165) is 17.4 Å². The number of nitrogens with zero attached hydrogens (tertiary/aromatic N) is 2. The Bertz CT molecular complexity index is 1090. The van der Waals surface area contributed by atoms with Gasteiger partial charge in [-0.2, -0.15) is 0 Å². The van der Waals surface area contributed by atoms with Crippen LogP contribution in [0.3, 0.4) is 0 Å². The predicted molar refractivity (Wildman–Crippen MR) is 137 cm³/mol. The molecular weight excluding hydrogens is 474 g/mol. The third-order valence-corrected chi connectivity index (χ3v) is 7.02. The molecule has 1 N–H and O–H groups in total. The van der Waals surface area contributed by atoms with Crippen molar-refractivity contribution in [3.63, 3.8) is 0 Å². The van der Waals surface area contributed by atoms with Crippen LogP contribution in [-0.2, 0) is 26.2 Å². The van der Waals surface area contributed by atoms with E-state index in [1.807, 2.05) is 45.0 Å². The molecule has 0 unspecified atom stereocenters. The van der Waals surface area contributed by atoms with Crippen molar-refractivity contribution in [2.75, 3.05) is 23.7 Å². The molecule has 34 heavy (non-hydrogen) atoms. The number of benzene rings is 2. The Hall–Kier alpha value is -2.58. The SMILES string of the molecule is CCNC(=O)[C@@H](CC)N(Cc1ccccc1C)C(=O)CCCN(c1cccc(Cl)c1)S(C)(=O)=O. The summed E-state index contributed by atoms with van der Waals surface area (Å²) in [5, 5.41) is 3.25. The van der Waals surface area contributed by atoms with Crippen molar-refractivity contribution >= 4 is 39.1 Å². The maximum absolute atomic E-state index is 13.3. The molecule has 0 spiro atoms. The number of sulfonamides is 1. The van der Waals surface area contributed by atoms with E-state index >= 15 is 0 Å². The minimum atomic E-state index is -3.56. The van der Waals surface area contributed by atoms with E-state index in [-0.39, 0.29) is 24.8 Å². The largest absolute Gasteiger partial charge is 0.355 e. The highest BCUT2D eigenvalue weighted by Gasteiger charge is 2.28. The van der Waals surface area contributed by atoms with Gasteiger partial charge in [0.2, 0.25) is 21.8 Å². The van der Waals surface area contributed by atoms with Gasteiger partial charge in [-0.05, 0) is 56.0 Å². The molecule has 186 valence electrons. The molecule has 0 bridgehead atoms. The minimum absolute atomic E-state index is 0.106. The van der Waals surface area contributed by atoms with Gasteiger partial charge >= 0.3 is 0 Å². The van der Waals surface area contributed by atoms with Crippen molar-refractivity contribution < 1.29 is 18.0 Å². The molecule has 2 aromatic carbocycles. The molecule has 0 saturated carbocycles. The van der Waals surface area contributed by atoms with E-state index in [1.54, 1.807) is 29.2 Å². The average molecular weight is 508 g/mol. The van der Waals surface area contributed by atoms with Gasteiger partial charge in [-0.15, -0.1) is 0 Å². The molecule has 0 heterocycles. The van der Waals surface area contributed by atoms with Gasteiger partial charge < -0.3 is 10.2 Å². The summed E-state index contributed by atoms with van der Waals surface area (Å²) in [5.74, 6) is -0.385. The van der Waals surface area contributed by atoms with Gasteiger partial charge in [-0.1, -0.05) is 48.9 Å². The molecule has 0 saturated heterocycles. The Labute approximate surface area is 208 Å². The molecule has 0 aliphatic heterocycles. The van der Waals surface area contributed by atoms with Gasteiger partial charge in [0.05, 0.1) is 11.9 Å². The van der Waals surface area contributed by atoms with E-state index in [4.69, 9.17) is 11.6 Å². The fraction of sp³-hybridized carbons (Fsp3) is 0.440. The molecule has 7 nitrogen and oxygen atoms in total. The van der Waals surface area contributed by atoms with Crippen molar-refractivity contribution in [3.8, 4) is 0 Å². The summed E-state index contributed by atoms with van der Waals surface area (Å²) in [5.41, 5.74) is 2.46. The summed E-state index contributed by atoms with van der Waals surface area (Å²) in [7, 11) is -3.56. The summed E-state index contributed by atoms with van der Waals surface area (Å²) in [6.45, 7) is 6.60. The second-order valence-electron chi connectivity index (χ2n) is 8.19. The van der Waals surface area contributed by atoms with E-state index < -0.39 is 16.1 Å². The van der Waals surface area contributed by atoms with E-state index in [2.05, 4.69) is 5.32 Å². The van der Waals surface area contributed by atoms with Gasteiger partial charge in [0.25, 0.3) is 0 Å². The first-order valence-electron chi connectivity index (χ1n) is 11.4. The Morgan fingerprint density at radius 1 is 1.09 bits per heavy atom. The number of aryl methyl sites for hydroxylation is 1. The van der Waals surface area contributed by atoms with Gasteiger partial charge in [0, 0.05) is 31.1 Å². The van der Waals surface area contributed by atoms with Crippen LogP contribution in [0.2, 0.25) is 5.02 Å². The van der Waals surface area contributed by atoms with Crippen molar-refractivity contribution in [2.24, 2.45) is 0 Å². The molecule has 0 aromatic heterocycles. The Morgan fingerprint density at radius 3 is 2.38 bits per heavy atom. The van der Waals surface area contributed by atoms with Crippen LogP contribution in [0.1, 0.15) is 44.2 Å². The quantitative estimate of drug-likeness (QED) is 0.467. The maximum atomic E-state index is 13.3. The molecule has 2 aromatic rings. The summed E-state index contributed by atoms with van der Waals surface area (Å²) < 4.78 is 26.0. The van der Waals surface area contributed by atoms with Gasteiger partial charge in [-0.3, -0.25) is 13.9 Å². The zero-order chi connectivity index (χ0) is 25.3. The smallest absolute Gasteiger partial charge is 0.242 e. The highest BCUT2D eigenvalue weighted by Crippen LogP contribution is 2.23. The molecule has 0 radical (unpaired) electrons. The van der Waals surface area contributed by atoms with Crippen molar-refractivity contribution in [1.29, 1.82) is 0 Å². The number of anilines is 1. The second kappa shape index (κ2) is 12.8. The van der Waals surface area contributed by atoms with Gasteiger partial charge in [0.15, 0.2) is 0 Å². The number of carbonyl (C=O) groups is 2. The van der Waals surface area contributed by atoms with Gasteiger partial charge in [0.1, 0.15) is 6.04 Å². The second-order valence-corrected chi connectivity index (χ2v) is 10.5. The van der Waals surface area contributed by atoms with Crippen LogP contribution in [0.15, 0.2) is 48.5 Å². The van der Waals surface area contributed by atoms with Crippen LogP contribution >= 0.6 is 11.6 Å². The number of likely N-dealkylation sites (N-methyl/N-ethyl adjacent to an activating group) is 1. The highest BCUT2D eigenvalue weighted by molar-refractivity contribution is 7.92. The van der Waals surface area contributed by atoms with E-state index in [9.17, 15) is 18.0 Å². The summed E-state index contributed by atoms with van der Waals surface area (Å²) in [4.78, 5) is 27.7. The summed E-state index contributed by atoms with van der Waals surface area (Å²) in [6.07, 6.45) is 2.01. The summed E-state index contributed by atoms with van der Waals surface area (Å²) in [6, 6.07) is 13.8. The number of halogens is 1. The first kappa shape index (κ1) is 27.7. The molecule has 1 atom stereocenters. The molecular formula is C25H34ClN3O4S. The van der Waals surface area contributed by atoms with E-state index in [0.29, 0.717) is 36.6 Å². The lowest BCUT2D eigenvalue weighted by Crippen LogP contribution is -2.49. The fourth-order valence-electron chi connectivity index (χ4n) is 3.82. The molecule has 0 fully saturated rings. The van der Waals surface area contributed by atoms with Crippen LogP contribution in [0, 0.1) is 6.92 Å². The normalized spacial score (nSPS) is 12.1. The van der Waals surface area contributed by atoms with Crippen molar-refractivity contribution in [3.05, 3.63) is 64.7 Å². The number of nitrogens with one attached hydrogen (secondary N) is 1. The minimum Gasteiger partial charge on any atom is -0.355 e. The lowest BCUT2D eigenvalue weighted by atomic mass is 10.1. The number of amides is 2. The zero-order valence-corrected chi connectivity index (χ0v) is 21.8. The Balaban J connectivity index is 2.21. The Kier molecular flexibility index (Phi) is 10.4. The molecule has 0 aliphatic rings. The van der Waals surface area contributed by atoms with Crippen LogP contribution in [0.5, 0.6) is 0 Å². The number of carbonyl (C=O) groups excluding carboxylic acids is 2. The molecule has 2 amide bonds. The predicted octanol–water partition coefficient (Wildman–Crippen LogP) is 4.14. The van der Waals surface area contributed by atoms with Crippen LogP contribution in [0.4, 0.5) is 5.69 Å². The van der Waals surface area contributed by atoms with Crippen LogP contribution < -0.4 is 9.62 Å². The highest BCUT2D eigenvalue weighted by atomic mass is 35.5. The standard InChI is InChI=1S/C25H34ClN3O4S/c1-5-23(25(31)27-6-2)28(18-20-12-8-7-11-19(20)3)24(30)15-10-16-29(34(4,32)33)22-14-9-13-21(26)17-22/h7-9,11-14,17,23H,5-6,10,15-16,18H2,1-4H3,(H,27,31)/t23-/m1/s1. The lowest BCUT2D eigenvalue weighted by Gasteiger charge is -2.31. The third-order valence-electron chi connectivity index (χ3n) is 5.59. The molecule has 9 heteroatoms. The maximum Gasteiger partial charge on any atom is 0.242 e. The first-order chi connectivity index (χ1) is 16.1. The topological polar surface area (TPSA) is 86.8 Å².